The second-order valence-electron chi connectivity index (χ2n) is 3.27. The van der Waals surface area contributed by atoms with Gasteiger partial charge in [0.25, 0.3) is 0 Å². The quantitative estimate of drug-likeness (QED) is 0.539. The number of allylic oxidation sites excluding steroid dienone is 1. The van der Waals surface area contributed by atoms with Crippen molar-refractivity contribution in [3.63, 3.8) is 0 Å². The highest BCUT2D eigenvalue weighted by Crippen LogP contribution is 2.19. The second kappa shape index (κ2) is 3.09. The van der Waals surface area contributed by atoms with E-state index in [2.05, 4.69) is 25.3 Å². The molecule has 0 spiro atoms. The fourth-order valence-corrected chi connectivity index (χ4v) is 1.67. The van der Waals surface area contributed by atoms with Crippen LogP contribution in [0.3, 0.4) is 0 Å². The molecule has 0 aromatic carbocycles. The van der Waals surface area contributed by atoms with Crippen LogP contribution in [0.2, 0.25) is 0 Å². The van der Waals surface area contributed by atoms with Gasteiger partial charge in [0.05, 0.1) is 0 Å². The maximum absolute atomic E-state index is 3.96. The molecule has 0 N–H and O–H groups in total. The standard InChI is InChI=1S/C9H17N/c1-8(2)10-7-5-4-6-9(10)3/h9H,1,4-7H2,2-3H3. The van der Waals surface area contributed by atoms with Crippen LogP contribution in [0.4, 0.5) is 0 Å². The molecule has 58 valence electrons. The SMILES string of the molecule is C=C(C)N1CCCCC1C. The zero-order valence-corrected chi connectivity index (χ0v) is 7.06. The lowest BCUT2D eigenvalue weighted by Crippen LogP contribution is -2.35. The van der Waals surface area contributed by atoms with Gasteiger partial charge in [0.2, 0.25) is 0 Å². The Hall–Kier alpha value is -0.460. The van der Waals surface area contributed by atoms with Gasteiger partial charge in [0, 0.05) is 18.3 Å². The summed E-state index contributed by atoms with van der Waals surface area (Å²) in [6.07, 6.45) is 4.08. The van der Waals surface area contributed by atoms with Crippen molar-refractivity contribution in [2.24, 2.45) is 0 Å². The van der Waals surface area contributed by atoms with Crippen molar-refractivity contribution >= 4 is 0 Å². The Labute approximate surface area is 63.7 Å². The molecule has 1 atom stereocenters. The fraction of sp³-hybridized carbons (Fsp3) is 0.778. The third kappa shape index (κ3) is 1.53. The van der Waals surface area contributed by atoms with E-state index in [-0.39, 0.29) is 0 Å². The number of rotatable bonds is 1. The van der Waals surface area contributed by atoms with Crippen LogP contribution in [0.1, 0.15) is 33.1 Å². The minimum Gasteiger partial charge on any atom is -0.373 e. The molecule has 1 aliphatic rings. The molecule has 1 heterocycles. The molecular formula is C9H17N. The molecule has 0 amide bonds. The molecule has 0 radical (unpaired) electrons. The average molecular weight is 139 g/mol. The largest absolute Gasteiger partial charge is 0.373 e. The Morgan fingerprint density at radius 1 is 1.50 bits per heavy atom. The average Bonchev–Trinajstić information content (AvgIpc) is 1.88. The Bertz CT molecular complexity index is 129. The van der Waals surface area contributed by atoms with Crippen LogP contribution >= 0.6 is 0 Å². The molecule has 0 aromatic rings. The summed E-state index contributed by atoms with van der Waals surface area (Å²) in [7, 11) is 0. The second-order valence-corrected chi connectivity index (χ2v) is 3.27. The predicted octanol–water partition coefficient (Wildman–Crippen LogP) is 2.39. The molecule has 1 fully saturated rings. The molecular weight excluding hydrogens is 122 g/mol. The molecule has 1 nitrogen and oxygen atoms in total. The maximum atomic E-state index is 3.96. The van der Waals surface area contributed by atoms with Gasteiger partial charge in [-0.05, 0) is 33.1 Å². The smallest absolute Gasteiger partial charge is 0.0258 e. The monoisotopic (exact) mass is 139 g/mol. The molecule has 1 aliphatic heterocycles. The Kier molecular flexibility index (Phi) is 2.36. The Balaban J connectivity index is 2.47. The summed E-state index contributed by atoms with van der Waals surface area (Å²) in [5, 5.41) is 0. The lowest BCUT2D eigenvalue weighted by molar-refractivity contribution is 0.210. The van der Waals surface area contributed by atoms with Gasteiger partial charge in [-0.1, -0.05) is 6.58 Å². The van der Waals surface area contributed by atoms with Gasteiger partial charge in [0.1, 0.15) is 0 Å². The minimum atomic E-state index is 0.728. The van der Waals surface area contributed by atoms with Crippen molar-refractivity contribution in [2.45, 2.75) is 39.2 Å². The van der Waals surface area contributed by atoms with Crippen LogP contribution < -0.4 is 0 Å². The van der Waals surface area contributed by atoms with Crippen molar-refractivity contribution < 1.29 is 0 Å². The van der Waals surface area contributed by atoms with E-state index in [0.717, 1.165) is 6.04 Å². The first-order valence-corrected chi connectivity index (χ1v) is 4.14. The van der Waals surface area contributed by atoms with Gasteiger partial charge in [0.15, 0.2) is 0 Å². The molecule has 0 bridgehead atoms. The third-order valence-electron chi connectivity index (χ3n) is 2.29. The zero-order valence-electron chi connectivity index (χ0n) is 7.06. The van der Waals surface area contributed by atoms with Crippen LogP contribution in [-0.4, -0.2) is 17.5 Å². The van der Waals surface area contributed by atoms with Gasteiger partial charge in [-0.15, -0.1) is 0 Å². The highest BCUT2D eigenvalue weighted by Gasteiger charge is 2.16. The van der Waals surface area contributed by atoms with Crippen LogP contribution in [-0.2, 0) is 0 Å². The van der Waals surface area contributed by atoms with Gasteiger partial charge < -0.3 is 4.90 Å². The number of hydrogen-bond donors (Lipinski definition) is 0. The highest BCUT2D eigenvalue weighted by atomic mass is 15.2. The van der Waals surface area contributed by atoms with E-state index in [1.165, 1.54) is 31.5 Å². The van der Waals surface area contributed by atoms with Crippen LogP contribution in [0.5, 0.6) is 0 Å². The summed E-state index contributed by atoms with van der Waals surface area (Å²) in [4.78, 5) is 2.41. The highest BCUT2D eigenvalue weighted by molar-refractivity contribution is 4.93. The van der Waals surface area contributed by atoms with E-state index in [9.17, 15) is 0 Å². The fourth-order valence-electron chi connectivity index (χ4n) is 1.67. The van der Waals surface area contributed by atoms with Crippen molar-refractivity contribution in [3.8, 4) is 0 Å². The molecule has 10 heavy (non-hydrogen) atoms. The topological polar surface area (TPSA) is 3.24 Å². The first kappa shape index (κ1) is 7.64. The van der Waals surface area contributed by atoms with Crippen LogP contribution in [0.15, 0.2) is 12.3 Å². The lowest BCUT2D eigenvalue weighted by atomic mass is 10.0. The zero-order chi connectivity index (χ0) is 7.56. The van der Waals surface area contributed by atoms with E-state index < -0.39 is 0 Å². The number of likely N-dealkylation sites (tertiary alicyclic amines) is 1. The Morgan fingerprint density at radius 2 is 2.20 bits per heavy atom. The van der Waals surface area contributed by atoms with Gasteiger partial charge in [-0.2, -0.15) is 0 Å². The summed E-state index contributed by atoms with van der Waals surface area (Å²) in [6, 6.07) is 0.728. The van der Waals surface area contributed by atoms with Gasteiger partial charge in [-0.25, -0.2) is 0 Å². The van der Waals surface area contributed by atoms with E-state index in [4.69, 9.17) is 0 Å². The lowest BCUT2D eigenvalue weighted by Gasteiger charge is -2.35. The van der Waals surface area contributed by atoms with Gasteiger partial charge in [-0.3, -0.25) is 0 Å². The molecule has 0 aliphatic carbocycles. The first-order chi connectivity index (χ1) is 4.72. The molecule has 1 saturated heterocycles. The molecule has 1 heteroatoms. The summed E-state index contributed by atoms with van der Waals surface area (Å²) in [5.74, 6) is 0. The van der Waals surface area contributed by atoms with E-state index in [1.54, 1.807) is 0 Å². The van der Waals surface area contributed by atoms with Gasteiger partial charge >= 0.3 is 0 Å². The molecule has 0 aromatic heterocycles. The maximum Gasteiger partial charge on any atom is 0.0258 e. The van der Waals surface area contributed by atoms with Crippen molar-refractivity contribution in [2.75, 3.05) is 6.54 Å². The first-order valence-electron chi connectivity index (χ1n) is 4.14. The Morgan fingerprint density at radius 3 is 2.60 bits per heavy atom. The molecule has 1 unspecified atom stereocenters. The predicted molar refractivity (Wildman–Crippen MR) is 44.8 cm³/mol. The third-order valence-corrected chi connectivity index (χ3v) is 2.29. The summed E-state index contributed by atoms with van der Waals surface area (Å²) in [5.41, 5.74) is 1.23. The van der Waals surface area contributed by atoms with E-state index in [1.807, 2.05) is 0 Å². The van der Waals surface area contributed by atoms with E-state index in [0.29, 0.717) is 0 Å². The number of piperidine rings is 1. The van der Waals surface area contributed by atoms with E-state index >= 15 is 0 Å². The van der Waals surface area contributed by atoms with Crippen LogP contribution in [0.25, 0.3) is 0 Å². The summed E-state index contributed by atoms with van der Waals surface area (Å²) in [6.45, 7) is 9.56. The van der Waals surface area contributed by atoms with Crippen molar-refractivity contribution in [1.29, 1.82) is 0 Å². The summed E-state index contributed by atoms with van der Waals surface area (Å²) >= 11 is 0. The number of hydrogen-bond acceptors (Lipinski definition) is 1. The molecule has 1 rings (SSSR count). The van der Waals surface area contributed by atoms with Crippen LogP contribution in [0, 0.1) is 0 Å². The summed E-state index contributed by atoms with van der Waals surface area (Å²) < 4.78 is 0. The minimum absolute atomic E-state index is 0.728. The molecule has 0 saturated carbocycles. The normalized spacial score (nSPS) is 26.6. The van der Waals surface area contributed by atoms with Crippen molar-refractivity contribution in [1.82, 2.24) is 4.90 Å². The van der Waals surface area contributed by atoms with Crippen molar-refractivity contribution in [3.05, 3.63) is 12.3 Å². The number of nitrogens with zero attached hydrogens (tertiary/aromatic N) is 1.